The second kappa shape index (κ2) is 7.14. The van der Waals surface area contributed by atoms with Gasteiger partial charge in [-0.1, -0.05) is 74.1 Å². The molecule has 1 aliphatic rings. The van der Waals surface area contributed by atoms with Gasteiger partial charge in [-0.25, -0.2) is 4.98 Å². The summed E-state index contributed by atoms with van der Waals surface area (Å²) in [6, 6.07) is 23.2. The number of hydrogen-bond donors (Lipinski definition) is 0. The van der Waals surface area contributed by atoms with E-state index in [2.05, 4.69) is 104 Å². The van der Waals surface area contributed by atoms with Crippen LogP contribution in [0, 0.1) is 13.0 Å². The molecule has 1 aliphatic heterocycles. The summed E-state index contributed by atoms with van der Waals surface area (Å²) in [7, 11) is -1.67. The van der Waals surface area contributed by atoms with Crippen molar-refractivity contribution in [1.82, 2.24) is 4.98 Å². The normalized spacial score (nSPS) is 14.2. The molecule has 4 heteroatoms. The van der Waals surface area contributed by atoms with Gasteiger partial charge in [0, 0.05) is 21.0 Å². The van der Waals surface area contributed by atoms with E-state index in [0.29, 0.717) is 0 Å². The molecule has 0 unspecified atom stereocenters. The molecule has 0 atom stereocenters. The molecule has 0 saturated carbocycles. The second-order valence-corrected chi connectivity index (χ2v) is 16.0. The third-order valence-electron chi connectivity index (χ3n) is 6.62. The van der Waals surface area contributed by atoms with E-state index in [-0.39, 0.29) is 0 Å². The van der Waals surface area contributed by atoms with Crippen LogP contribution in [-0.2, 0) is 0 Å². The Hall–Kier alpha value is -3.21. The molecule has 3 aromatic carbocycles. The predicted octanol–water partition coefficient (Wildman–Crippen LogP) is 8.11. The fraction of sp³-hybridized carbons (Fsp3) is 0.138. The summed E-state index contributed by atoms with van der Waals surface area (Å²) >= 11 is 1.78. The zero-order valence-electron chi connectivity index (χ0n) is 19.4. The smallest absolute Gasteiger partial charge is 0.316 e. The molecule has 33 heavy (non-hydrogen) atoms. The van der Waals surface area contributed by atoms with E-state index >= 15 is 0 Å². The highest BCUT2D eigenvalue weighted by Crippen LogP contribution is 2.47. The average Bonchev–Trinajstić information content (AvgIpc) is 3.16. The van der Waals surface area contributed by atoms with Crippen molar-refractivity contribution in [3.8, 4) is 0 Å². The molecule has 6 rings (SSSR count). The Morgan fingerprint density at radius 1 is 0.970 bits per heavy atom. The number of hydrogen-bond acceptors (Lipinski definition) is 1. The van der Waals surface area contributed by atoms with E-state index in [0.717, 1.165) is 4.83 Å². The molecular weight excluding hydrogens is 436 g/mol. The van der Waals surface area contributed by atoms with Gasteiger partial charge in [0.05, 0.1) is 11.4 Å². The molecule has 5 aromatic rings. The van der Waals surface area contributed by atoms with Gasteiger partial charge < -0.3 is 4.58 Å². The van der Waals surface area contributed by atoms with Crippen LogP contribution in [0.3, 0.4) is 0 Å². The summed E-state index contributed by atoms with van der Waals surface area (Å²) in [5, 5.41) is 6.60. The van der Waals surface area contributed by atoms with Gasteiger partial charge in [0.2, 0.25) is 0 Å². The number of pyridine rings is 1. The lowest BCUT2D eigenvalue weighted by molar-refractivity contribution is -0.400. The van der Waals surface area contributed by atoms with Gasteiger partial charge in [0.15, 0.2) is 11.3 Å². The van der Waals surface area contributed by atoms with E-state index in [1.165, 1.54) is 59.9 Å². The lowest BCUT2D eigenvalue weighted by Crippen LogP contribution is -2.29. The maximum Gasteiger partial charge on any atom is 0.316 e. The molecule has 0 spiro atoms. The number of rotatable bonds is 2. The first-order valence-electron chi connectivity index (χ1n) is 11.3. The van der Waals surface area contributed by atoms with Gasteiger partial charge in [-0.15, -0.1) is 22.9 Å². The first-order chi connectivity index (χ1) is 15.8. The van der Waals surface area contributed by atoms with Crippen molar-refractivity contribution in [1.29, 1.82) is 0 Å². The molecule has 0 amide bonds. The predicted molar refractivity (Wildman–Crippen MR) is 147 cm³/mol. The molecule has 0 radical (unpaired) electrons. The highest BCUT2D eigenvalue weighted by molar-refractivity contribution is 7.25. The Kier molecular flexibility index (Phi) is 4.41. The molecule has 0 fully saturated rings. The van der Waals surface area contributed by atoms with Crippen LogP contribution in [0.25, 0.3) is 36.3 Å². The molecule has 0 N–H and O–H groups in total. The summed E-state index contributed by atoms with van der Waals surface area (Å²) < 4.78 is 3.44. The standard InChI is InChI=1S/C29H26N2SSi/c1-18-15-22-21-11-8-14-30-29(21)32-28(22)23(16-18)25-17-26(33(3,4)5)27-20-10-7-6-9-19(20)12-13-24(27)31(25)2/h6-17H,2H2,1,3-5H3. The Morgan fingerprint density at radius 2 is 1.76 bits per heavy atom. The maximum atomic E-state index is 4.65. The molecule has 0 aliphatic carbocycles. The minimum atomic E-state index is -1.67. The van der Waals surface area contributed by atoms with Crippen molar-refractivity contribution in [2.24, 2.45) is 0 Å². The van der Waals surface area contributed by atoms with Crippen LogP contribution < -0.4 is 0 Å². The van der Waals surface area contributed by atoms with Crippen LogP contribution in [0.5, 0.6) is 0 Å². The minimum Gasteiger partial charge on any atom is -0.330 e. The quantitative estimate of drug-likeness (QED) is 0.112. The Morgan fingerprint density at radius 3 is 2.58 bits per heavy atom. The molecule has 0 saturated heterocycles. The number of thiophene rings is 1. The molecular formula is C29H26N2SSi. The van der Waals surface area contributed by atoms with Crippen LogP contribution >= 0.6 is 11.3 Å². The zero-order chi connectivity index (χ0) is 22.9. The van der Waals surface area contributed by atoms with Crippen molar-refractivity contribution in [3.05, 3.63) is 95.7 Å². The number of aromatic nitrogens is 1. The van der Waals surface area contributed by atoms with Crippen LogP contribution in [0.15, 0.2) is 72.9 Å². The summed E-state index contributed by atoms with van der Waals surface area (Å²) in [6.07, 6.45) is 4.32. The lowest BCUT2D eigenvalue weighted by Gasteiger charge is -2.38. The van der Waals surface area contributed by atoms with E-state index in [1.807, 2.05) is 12.3 Å². The fourth-order valence-corrected chi connectivity index (χ4v) is 7.78. The van der Waals surface area contributed by atoms with Gasteiger partial charge in [-0.05, 0) is 34.4 Å². The number of benzene rings is 3. The minimum absolute atomic E-state index is 1.09. The Labute approximate surface area is 199 Å². The Balaban J connectivity index is 1.67. The highest BCUT2D eigenvalue weighted by Gasteiger charge is 2.30. The van der Waals surface area contributed by atoms with Crippen LogP contribution in [0.4, 0.5) is 5.69 Å². The summed E-state index contributed by atoms with van der Waals surface area (Å²) in [5.41, 5.74) is 5.05. The van der Waals surface area contributed by atoms with Gasteiger partial charge in [0.1, 0.15) is 10.4 Å². The van der Waals surface area contributed by atoms with Crippen molar-refractivity contribution in [3.63, 3.8) is 0 Å². The van der Waals surface area contributed by atoms with E-state index in [4.69, 9.17) is 0 Å². The van der Waals surface area contributed by atoms with Crippen molar-refractivity contribution >= 4 is 68.1 Å². The number of nitrogens with zero attached hydrogens (tertiary/aromatic N) is 2. The monoisotopic (exact) mass is 462 g/mol. The second-order valence-electron chi connectivity index (χ2n) is 9.95. The summed E-state index contributed by atoms with van der Waals surface area (Å²) in [5.74, 6) is 0. The van der Waals surface area contributed by atoms with Gasteiger partial charge in [0.25, 0.3) is 0 Å². The zero-order valence-corrected chi connectivity index (χ0v) is 21.3. The molecule has 3 heterocycles. The van der Waals surface area contributed by atoms with Gasteiger partial charge in [-0.3, -0.25) is 0 Å². The maximum absolute atomic E-state index is 4.65. The molecule has 0 bridgehead atoms. The average molecular weight is 463 g/mol. The largest absolute Gasteiger partial charge is 0.330 e. The third kappa shape index (κ3) is 3.09. The Bertz CT molecular complexity index is 1630. The summed E-state index contributed by atoms with van der Waals surface area (Å²) in [4.78, 5) is 5.74. The highest BCUT2D eigenvalue weighted by atomic mass is 32.1. The van der Waals surface area contributed by atoms with Crippen LogP contribution in [-0.4, -0.2) is 24.4 Å². The van der Waals surface area contributed by atoms with Crippen LogP contribution in [0.2, 0.25) is 19.6 Å². The topological polar surface area (TPSA) is 15.9 Å². The summed E-state index contributed by atoms with van der Waals surface area (Å²) in [6.45, 7) is 14.1. The number of aryl methyl sites for hydroxylation is 1. The lowest BCUT2D eigenvalue weighted by atomic mass is 9.93. The van der Waals surface area contributed by atoms with Crippen LogP contribution in [0.1, 0.15) is 16.7 Å². The number of fused-ring (bicyclic) bond motifs is 6. The first kappa shape index (κ1) is 20.4. The van der Waals surface area contributed by atoms with Crippen molar-refractivity contribution in [2.75, 3.05) is 0 Å². The fourth-order valence-electron chi connectivity index (χ4n) is 5.05. The molecule has 2 nitrogen and oxygen atoms in total. The molecule has 162 valence electrons. The van der Waals surface area contributed by atoms with E-state index in [9.17, 15) is 0 Å². The first-order valence-corrected chi connectivity index (χ1v) is 15.6. The van der Waals surface area contributed by atoms with E-state index < -0.39 is 8.07 Å². The van der Waals surface area contributed by atoms with Gasteiger partial charge in [-0.2, -0.15) is 0 Å². The third-order valence-corrected chi connectivity index (χ3v) is 9.79. The van der Waals surface area contributed by atoms with Gasteiger partial charge >= 0.3 is 4.83 Å². The molecule has 2 aromatic heterocycles. The van der Waals surface area contributed by atoms with Crippen molar-refractivity contribution < 1.29 is 4.58 Å². The van der Waals surface area contributed by atoms with E-state index in [1.54, 1.807) is 11.3 Å². The SMILES string of the molecule is C=[N+]1c2ccc3ccccc3c2C([Si](C)(C)C)=C[C-]1c1cc(C)cc2c3cccnc3[s+][c-]12. The van der Waals surface area contributed by atoms with Crippen molar-refractivity contribution in [2.45, 2.75) is 26.6 Å².